The van der Waals surface area contributed by atoms with Gasteiger partial charge in [-0.3, -0.25) is 0 Å². The fourth-order valence-electron chi connectivity index (χ4n) is 1.13. The van der Waals surface area contributed by atoms with Crippen LogP contribution in [0.1, 0.15) is 26.7 Å². The zero-order valence-corrected chi connectivity index (χ0v) is 12.0. The molecular formula is C9H22F6NOP. The van der Waals surface area contributed by atoms with E-state index >= 15 is 0 Å². The van der Waals surface area contributed by atoms with Crippen molar-refractivity contribution in [2.45, 2.75) is 26.7 Å². The number of ether oxygens (including phenoxy) is 1. The van der Waals surface area contributed by atoms with E-state index in [1.54, 1.807) is 0 Å². The number of hydrogen-bond acceptors (Lipinski definition) is 1. The molecule has 0 spiro atoms. The summed E-state index contributed by atoms with van der Waals surface area (Å²) in [5.41, 5.74) is 0. The number of rotatable bonds is 6. The van der Waals surface area contributed by atoms with Gasteiger partial charge in [0.05, 0.1) is 27.2 Å². The third-order valence-electron chi connectivity index (χ3n) is 1.62. The molecular weight excluding hydrogens is 283 g/mol. The molecule has 0 aromatic heterocycles. The Bertz CT molecular complexity index is 225. The standard InChI is InChI=1S/C9H22NO.F6P/c1-5-7-10(3,4)9-11-8-6-2;1-7(2,3,4,5)6/h5-9H2,1-4H3;/q+1;-1. The summed E-state index contributed by atoms with van der Waals surface area (Å²) in [6.07, 6.45) is 2.34. The quantitative estimate of drug-likeness (QED) is 0.214. The SMILES string of the molecule is CCCOC[N+](C)(C)CCC.F[P-](F)(F)(F)(F)F. The molecule has 0 aliphatic rings. The Kier molecular flexibility index (Phi) is 6.67. The molecule has 0 atom stereocenters. The van der Waals surface area contributed by atoms with Crippen molar-refractivity contribution in [3.05, 3.63) is 0 Å². The van der Waals surface area contributed by atoms with Crippen molar-refractivity contribution in [3.63, 3.8) is 0 Å². The van der Waals surface area contributed by atoms with Crippen LogP contribution < -0.4 is 0 Å². The van der Waals surface area contributed by atoms with Crippen LogP contribution in [0.15, 0.2) is 0 Å². The van der Waals surface area contributed by atoms with Crippen molar-refractivity contribution in [1.82, 2.24) is 0 Å². The van der Waals surface area contributed by atoms with Gasteiger partial charge in [-0.1, -0.05) is 13.8 Å². The molecule has 9 heteroatoms. The molecule has 0 aromatic rings. The monoisotopic (exact) mass is 305 g/mol. The van der Waals surface area contributed by atoms with E-state index in [0.717, 1.165) is 24.2 Å². The van der Waals surface area contributed by atoms with Gasteiger partial charge in [0, 0.05) is 0 Å². The number of hydrogen-bond donors (Lipinski definition) is 0. The number of halogens is 6. The van der Waals surface area contributed by atoms with Gasteiger partial charge in [0.2, 0.25) is 0 Å². The minimum atomic E-state index is -10.7. The van der Waals surface area contributed by atoms with Crippen LogP contribution in [0.2, 0.25) is 0 Å². The Morgan fingerprint density at radius 1 is 0.889 bits per heavy atom. The summed E-state index contributed by atoms with van der Waals surface area (Å²) in [5, 5.41) is 0. The second-order valence-corrected chi connectivity index (χ2v) is 6.57. The first-order valence-electron chi connectivity index (χ1n) is 5.53. The van der Waals surface area contributed by atoms with E-state index in [1.807, 2.05) is 0 Å². The molecule has 0 radical (unpaired) electrons. The third-order valence-corrected chi connectivity index (χ3v) is 1.62. The second kappa shape index (κ2) is 5.92. The number of quaternary nitrogens is 1. The predicted molar refractivity (Wildman–Crippen MR) is 61.9 cm³/mol. The van der Waals surface area contributed by atoms with Crippen molar-refractivity contribution in [3.8, 4) is 0 Å². The van der Waals surface area contributed by atoms with E-state index < -0.39 is 7.81 Å². The van der Waals surface area contributed by atoms with E-state index in [1.165, 1.54) is 13.0 Å². The van der Waals surface area contributed by atoms with Crippen molar-refractivity contribution in [2.75, 3.05) is 34.0 Å². The summed E-state index contributed by atoms with van der Waals surface area (Å²) < 4.78 is 65.6. The van der Waals surface area contributed by atoms with Crippen LogP contribution in [0.4, 0.5) is 25.2 Å². The van der Waals surface area contributed by atoms with Crippen LogP contribution in [0, 0.1) is 0 Å². The average molecular weight is 305 g/mol. The van der Waals surface area contributed by atoms with Gasteiger partial charge in [-0.2, -0.15) is 0 Å². The van der Waals surface area contributed by atoms with E-state index in [4.69, 9.17) is 4.74 Å². The Labute approximate surface area is 104 Å². The van der Waals surface area contributed by atoms with Gasteiger partial charge >= 0.3 is 33.0 Å². The van der Waals surface area contributed by atoms with Gasteiger partial charge in [-0.15, -0.1) is 0 Å². The summed E-state index contributed by atoms with van der Waals surface area (Å²) in [4.78, 5) is 0. The van der Waals surface area contributed by atoms with Crippen molar-refractivity contribution < 1.29 is 34.4 Å². The topological polar surface area (TPSA) is 9.23 Å². The zero-order valence-electron chi connectivity index (χ0n) is 11.1. The van der Waals surface area contributed by atoms with Gasteiger partial charge in [0.25, 0.3) is 0 Å². The van der Waals surface area contributed by atoms with Crippen molar-refractivity contribution in [1.29, 1.82) is 0 Å². The Morgan fingerprint density at radius 3 is 1.56 bits per heavy atom. The Balaban J connectivity index is 0. The van der Waals surface area contributed by atoms with E-state index in [2.05, 4.69) is 27.9 Å². The molecule has 0 aliphatic carbocycles. The molecule has 0 aliphatic heterocycles. The normalized spacial score (nSPS) is 16.3. The molecule has 0 amide bonds. The second-order valence-electron chi connectivity index (χ2n) is 4.66. The summed E-state index contributed by atoms with van der Waals surface area (Å²) in [5.74, 6) is 0. The first-order valence-corrected chi connectivity index (χ1v) is 7.56. The third kappa shape index (κ3) is 36.0. The van der Waals surface area contributed by atoms with Crippen LogP contribution in [0.3, 0.4) is 0 Å². The molecule has 116 valence electrons. The minimum absolute atomic E-state index is 0.849. The van der Waals surface area contributed by atoms with E-state index in [0.29, 0.717) is 0 Å². The van der Waals surface area contributed by atoms with Gasteiger partial charge in [-0.05, 0) is 12.8 Å². The molecule has 0 saturated heterocycles. The van der Waals surface area contributed by atoms with Crippen LogP contribution in [0.5, 0.6) is 0 Å². The maximum atomic E-state index is 9.87. The van der Waals surface area contributed by atoms with Gasteiger partial charge in [-0.25, -0.2) is 0 Å². The Morgan fingerprint density at radius 2 is 1.28 bits per heavy atom. The molecule has 18 heavy (non-hydrogen) atoms. The molecule has 0 N–H and O–H groups in total. The van der Waals surface area contributed by atoms with Gasteiger partial charge in [0.1, 0.15) is 0 Å². The zero-order chi connectivity index (χ0) is 15.2. The molecule has 0 rings (SSSR count). The number of nitrogens with zero attached hydrogens (tertiary/aromatic N) is 1. The molecule has 0 saturated carbocycles. The molecule has 0 bridgehead atoms. The van der Waals surface area contributed by atoms with E-state index in [9.17, 15) is 25.2 Å². The van der Waals surface area contributed by atoms with Gasteiger partial charge in [0.15, 0.2) is 6.73 Å². The Hall–Kier alpha value is -0.0700. The van der Waals surface area contributed by atoms with Crippen LogP contribution in [-0.4, -0.2) is 38.5 Å². The molecule has 0 fully saturated rings. The average Bonchev–Trinajstić information content (AvgIpc) is 1.97. The first kappa shape index (κ1) is 20.3. The molecule has 0 aromatic carbocycles. The summed E-state index contributed by atoms with van der Waals surface area (Å²) in [7, 11) is -6.24. The van der Waals surface area contributed by atoms with Crippen LogP contribution in [-0.2, 0) is 4.74 Å². The van der Waals surface area contributed by atoms with E-state index in [-0.39, 0.29) is 0 Å². The summed E-state index contributed by atoms with van der Waals surface area (Å²) in [6.45, 7) is 7.29. The van der Waals surface area contributed by atoms with Crippen LogP contribution >= 0.6 is 7.81 Å². The van der Waals surface area contributed by atoms with Crippen molar-refractivity contribution in [2.24, 2.45) is 0 Å². The van der Waals surface area contributed by atoms with Crippen LogP contribution in [0.25, 0.3) is 0 Å². The fourth-order valence-corrected chi connectivity index (χ4v) is 1.13. The van der Waals surface area contributed by atoms with Crippen molar-refractivity contribution >= 4 is 7.81 Å². The molecule has 0 heterocycles. The van der Waals surface area contributed by atoms with Gasteiger partial charge < -0.3 is 9.22 Å². The predicted octanol–water partition coefficient (Wildman–Crippen LogP) is 5.24. The maximum absolute atomic E-state index is 10.7. The molecule has 0 unspecified atom stereocenters. The summed E-state index contributed by atoms with van der Waals surface area (Å²) >= 11 is 0. The first-order chi connectivity index (χ1) is 7.57. The molecule has 2 nitrogen and oxygen atoms in total. The fraction of sp³-hybridized carbons (Fsp3) is 1.00. The summed E-state index contributed by atoms with van der Waals surface area (Å²) in [6, 6.07) is 0.